The van der Waals surface area contributed by atoms with E-state index in [2.05, 4.69) is 20.0 Å². The minimum absolute atomic E-state index is 0.0290. The van der Waals surface area contributed by atoms with Crippen LogP contribution in [-0.2, 0) is 16.4 Å². The van der Waals surface area contributed by atoms with Crippen molar-refractivity contribution in [3.05, 3.63) is 64.9 Å². The molecule has 10 heteroatoms. The summed E-state index contributed by atoms with van der Waals surface area (Å²) in [6, 6.07) is 11.2. The van der Waals surface area contributed by atoms with Gasteiger partial charge in [-0.3, -0.25) is 9.52 Å². The molecular weight excluding hydrogens is 403 g/mol. The zero-order valence-corrected chi connectivity index (χ0v) is 16.5. The van der Waals surface area contributed by atoms with Crippen LogP contribution in [0, 0.1) is 5.82 Å². The molecule has 3 aromatic rings. The summed E-state index contributed by atoms with van der Waals surface area (Å²) in [6.07, 6.45) is 3.05. The van der Waals surface area contributed by atoms with E-state index >= 15 is 0 Å². The summed E-state index contributed by atoms with van der Waals surface area (Å²) in [6.45, 7) is 0.424. The number of rotatable bonds is 7. The second kappa shape index (κ2) is 8.44. The Morgan fingerprint density at radius 1 is 1.14 bits per heavy atom. The molecule has 7 nitrogen and oxygen atoms in total. The summed E-state index contributed by atoms with van der Waals surface area (Å²) in [4.78, 5) is 21.5. The van der Waals surface area contributed by atoms with Crippen molar-refractivity contribution >= 4 is 33.2 Å². The maximum Gasteiger partial charge on any atom is 0.261 e. The molecule has 0 atom stereocenters. The first-order valence-electron chi connectivity index (χ1n) is 8.24. The summed E-state index contributed by atoms with van der Waals surface area (Å²) >= 11 is 1.24. The monoisotopic (exact) mass is 420 g/mol. The molecular formula is C18H17FN4O3S2. The van der Waals surface area contributed by atoms with Gasteiger partial charge in [0.2, 0.25) is 16.0 Å². The standard InChI is InChI=1S/C18H17FN4O3S2/c1-28(25,26)23-18-21-11-9-14(22-18)15-6-7-16(27-15)17(24)20-10-8-12-2-4-13(19)5-3-12/h2-7,9,11H,8,10H2,1H3,(H,20,24)(H,21,22,23). The second-order valence-corrected chi connectivity index (χ2v) is 8.77. The van der Waals surface area contributed by atoms with E-state index in [0.717, 1.165) is 11.8 Å². The van der Waals surface area contributed by atoms with Crippen molar-refractivity contribution in [2.24, 2.45) is 0 Å². The normalized spacial score (nSPS) is 11.2. The lowest BCUT2D eigenvalue weighted by Crippen LogP contribution is -2.24. The van der Waals surface area contributed by atoms with Crippen LogP contribution in [-0.4, -0.2) is 37.1 Å². The molecule has 28 heavy (non-hydrogen) atoms. The highest BCUT2D eigenvalue weighted by molar-refractivity contribution is 7.91. The van der Waals surface area contributed by atoms with Gasteiger partial charge in [-0.1, -0.05) is 12.1 Å². The lowest BCUT2D eigenvalue weighted by molar-refractivity contribution is 0.0958. The molecule has 0 radical (unpaired) electrons. The Balaban J connectivity index is 1.62. The highest BCUT2D eigenvalue weighted by Gasteiger charge is 2.12. The largest absolute Gasteiger partial charge is 0.351 e. The van der Waals surface area contributed by atoms with E-state index in [1.54, 1.807) is 30.3 Å². The Morgan fingerprint density at radius 3 is 2.61 bits per heavy atom. The number of amides is 1. The fourth-order valence-electron chi connectivity index (χ4n) is 2.37. The van der Waals surface area contributed by atoms with Crippen molar-refractivity contribution in [3.8, 4) is 10.6 Å². The Kier molecular flexibility index (Phi) is 6.00. The Morgan fingerprint density at radius 2 is 1.89 bits per heavy atom. The van der Waals surface area contributed by atoms with Crippen LogP contribution < -0.4 is 10.0 Å². The topological polar surface area (TPSA) is 101 Å². The zero-order chi connectivity index (χ0) is 20.1. The molecule has 0 unspecified atom stereocenters. The number of benzene rings is 1. The quantitative estimate of drug-likeness (QED) is 0.612. The lowest BCUT2D eigenvalue weighted by atomic mass is 10.1. The molecule has 146 valence electrons. The molecule has 3 rings (SSSR count). The third-order valence-electron chi connectivity index (χ3n) is 3.63. The van der Waals surface area contributed by atoms with Crippen molar-refractivity contribution in [1.82, 2.24) is 15.3 Å². The van der Waals surface area contributed by atoms with Crippen molar-refractivity contribution in [2.45, 2.75) is 6.42 Å². The maximum absolute atomic E-state index is 12.9. The number of aromatic nitrogens is 2. The van der Waals surface area contributed by atoms with E-state index in [4.69, 9.17) is 0 Å². The molecule has 0 saturated carbocycles. The molecule has 1 amide bonds. The number of halogens is 1. The van der Waals surface area contributed by atoms with Crippen LogP contribution in [0.15, 0.2) is 48.7 Å². The van der Waals surface area contributed by atoms with Gasteiger partial charge in [0, 0.05) is 12.7 Å². The number of sulfonamides is 1. The van der Waals surface area contributed by atoms with Gasteiger partial charge in [-0.15, -0.1) is 11.3 Å². The number of thiophene rings is 1. The van der Waals surface area contributed by atoms with E-state index < -0.39 is 10.0 Å². The number of anilines is 1. The minimum atomic E-state index is -3.48. The van der Waals surface area contributed by atoms with E-state index in [-0.39, 0.29) is 17.7 Å². The fourth-order valence-corrected chi connectivity index (χ4v) is 3.69. The van der Waals surface area contributed by atoms with Crippen molar-refractivity contribution < 1.29 is 17.6 Å². The van der Waals surface area contributed by atoms with Crippen molar-refractivity contribution in [3.63, 3.8) is 0 Å². The van der Waals surface area contributed by atoms with Crippen LogP contribution in [0.4, 0.5) is 10.3 Å². The number of carbonyl (C=O) groups excluding carboxylic acids is 1. The van der Waals surface area contributed by atoms with Gasteiger partial charge in [0.15, 0.2) is 0 Å². The molecule has 2 aromatic heterocycles. The smallest absolute Gasteiger partial charge is 0.261 e. The lowest BCUT2D eigenvalue weighted by Gasteiger charge is -2.04. The SMILES string of the molecule is CS(=O)(=O)Nc1nccc(-c2ccc(C(=O)NCCc3ccc(F)cc3)s2)n1. The Hall–Kier alpha value is -2.85. The third-order valence-corrected chi connectivity index (χ3v) is 5.29. The summed E-state index contributed by atoms with van der Waals surface area (Å²) in [7, 11) is -3.48. The van der Waals surface area contributed by atoms with Crippen LogP contribution in [0.25, 0.3) is 10.6 Å². The first-order valence-corrected chi connectivity index (χ1v) is 10.9. The van der Waals surface area contributed by atoms with Crippen LogP contribution >= 0.6 is 11.3 Å². The van der Waals surface area contributed by atoms with Crippen LogP contribution in [0.2, 0.25) is 0 Å². The predicted molar refractivity (Wildman–Crippen MR) is 106 cm³/mol. The van der Waals surface area contributed by atoms with Crippen molar-refractivity contribution in [2.75, 3.05) is 17.5 Å². The summed E-state index contributed by atoms with van der Waals surface area (Å²) in [5.41, 5.74) is 1.44. The van der Waals surface area contributed by atoms with Gasteiger partial charge >= 0.3 is 0 Å². The first kappa shape index (κ1) is 19.9. The summed E-state index contributed by atoms with van der Waals surface area (Å²) in [5, 5.41) is 2.82. The third kappa shape index (κ3) is 5.57. The number of hydrogen-bond donors (Lipinski definition) is 2. The molecule has 0 spiro atoms. The molecule has 2 heterocycles. The van der Waals surface area contributed by atoms with Crippen LogP contribution in [0.5, 0.6) is 0 Å². The zero-order valence-electron chi connectivity index (χ0n) is 14.8. The van der Waals surface area contributed by atoms with E-state index in [1.807, 2.05) is 0 Å². The summed E-state index contributed by atoms with van der Waals surface area (Å²) in [5.74, 6) is -0.542. The first-order chi connectivity index (χ1) is 13.3. The Labute approximate surface area is 165 Å². The van der Waals surface area contributed by atoms with E-state index in [0.29, 0.717) is 28.4 Å². The van der Waals surface area contributed by atoms with E-state index in [1.165, 1.54) is 29.7 Å². The molecule has 1 aromatic carbocycles. The molecule has 0 bridgehead atoms. The molecule has 0 saturated heterocycles. The van der Waals surface area contributed by atoms with Gasteiger partial charge < -0.3 is 5.32 Å². The highest BCUT2D eigenvalue weighted by atomic mass is 32.2. The average molecular weight is 420 g/mol. The number of hydrogen-bond acceptors (Lipinski definition) is 6. The summed E-state index contributed by atoms with van der Waals surface area (Å²) < 4.78 is 37.7. The average Bonchev–Trinajstić information content (AvgIpc) is 3.12. The highest BCUT2D eigenvalue weighted by Crippen LogP contribution is 2.27. The van der Waals surface area contributed by atoms with Gasteiger partial charge in [-0.2, -0.15) is 0 Å². The molecule has 0 aliphatic rings. The molecule has 0 aliphatic carbocycles. The fraction of sp³-hybridized carbons (Fsp3) is 0.167. The maximum atomic E-state index is 12.9. The van der Waals surface area contributed by atoms with Crippen molar-refractivity contribution in [1.29, 1.82) is 0 Å². The van der Waals surface area contributed by atoms with Crippen LogP contribution in [0.1, 0.15) is 15.2 Å². The number of nitrogens with zero attached hydrogens (tertiary/aromatic N) is 2. The van der Waals surface area contributed by atoms with Gasteiger partial charge in [0.25, 0.3) is 5.91 Å². The van der Waals surface area contributed by atoms with Gasteiger partial charge in [-0.25, -0.2) is 22.8 Å². The number of carbonyl (C=O) groups is 1. The van der Waals surface area contributed by atoms with Gasteiger partial charge in [0.05, 0.1) is 21.7 Å². The van der Waals surface area contributed by atoms with Crippen LogP contribution in [0.3, 0.4) is 0 Å². The Bertz CT molecular complexity index is 1080. The second-order valence-electron chi connectivity index (χ2n) is 5.94. The number of nitrogens with one attached hydrogen (secondary N) is 2. The van der Waals surface area contributed by atoms with Gasteiger partial charge in [0.1, 0.15) is 5.82 Å². The van der Waals surface area contributed by atoms with Gasteiger partial charge in [-0.05, 0) is 42.3 Å². The van der Waals surface area contributed by atoms with E-state index in [9.17, 15) is 17.6 Å². The molecule has 2 N–H and O–H groups in total. The minimum Gasteiger partial charge on any atom is -0.351 e. The molecule has 0 fully saturated rings. The molecule has 0 aliphatic heterocycles. The predicted octanol–water partition coefficient (Wildman–Crippen LogP) is 2.69.